The van der Waals surface area contributed by atoms with Crippen molar-refractivity contribution >= 4 is 28.4 Å². The third-order valence-corrected chi connectivity index (χ3v) is 4.45. The van der Waals surface area contributed by atoms with Gasteiger partial charge in [-0.15, -0.1) is 0 Å². The molecular formula is C18H17N5O2. The molecule has 0 spiro atoms. The largest absolute Gasteiger partial charge is 0.364 e. The van der Waals surface area contributed by atoms with Crippen molar-refractivity contribution in [2.45, 2.75) is 19.3 Å². The maximum absolute atomic E-state index is 12.1. The van der Waals surface area contributed by atoms with Gasteiger partial charge >= 0.3 is 0 Å². The van der Waals surface area contributed by atoms with Gasteiger partial charge in [0.15, 0.2) is 5.69 Å². The van der Waals surface area contributed by atoms with E-state index in [9.17, 15) is 9.59 Å². The highest BCUT2D eigenvalue weighted by atomic mass is 16.2. The molecule has 25 heavy (non-hydrogen) atoms. The van der Waals surface area contributed by atoms with Gasteiger partial charge in [0.25, 0.3) is 5.91 Å². The number of benzene rings is 1. The molecule has 7 nitrogen and oxygen atoms in total. The first-order valence-electron chi connectivity index (χ1n) is 8.18. The molecule has 1 aromatic carbocycles. The Balaban J connectivity index is 1.74. The summed E-state index contributed by atoms with van der Waals surface area (Å²) in [6, 6.07) is 9.27. The van der Waals surface area contributed by atoms with E-state index >= 15 is 0 Å². The minimum atomic E-state index is -0.578. The van der Waals surface area contributed by atoms with E-state index < -0.39 is 5.91 Å². The quantitative estimate of drug-likeness (QED) is 0.792. The van der Waals surface area contributed by atoms with Crippen molar-refractivity contribution in [1.82, 2.24) is 14.8 Å². The average molecular weight is 335 g/mol. The molecule has 4 rings (SSSR count). The number of nitrogens with two attached hydrogens (primary N) is 1. The Bertz CT molecular complexity index is 961. The fraction of sp³-hybridized carbons (Fsp3) is 0.222. The number of rotatable bonds is 3. The van der Waals surface area contributed by atoms with E-state index in [0.29, 0.717) is 17.3 Å². The molecule has 0 atom stereocenters. The van der Waals surface area contributed by atoms with E-state index in [0.717, 1.165) is 30.8 Å². The molecule has 0 radical (unpaired) electrons. The van der Waals surface area contributed by atoms with Crippen LogP contribution >= 0.6 is 0 Å². The molecule has 1 fully saturated rings. The number of fused-ring (bicyclic) bond motifs is 1. The number of hydrogen-bond acceptors (Lipinski definition) is 4. The Kier molecular flexibility index (Phi) is 3.68. The average Bonchev–Trinajstić information content (AvgIpc) is 3.02. The molecular weight excluding hydrogens is 318 g/mol. The lowest BCUT2D eigenvalue weighted by Gasteiger charge is -2.26. The van der Waals surface area contributed by atoms with Crippen LogP contribution < -0.4 is 10.6 Å². The third-order valence-electron chi connectivity index (χ3n) is 4.45. The van der Waals surface area contributed by atoms with E-state index in [1.165, 1.54) is 0 Å². The lowest BCUT2D eigenvalue weighted by Crippen LogP contribution is -2.35. The van der Waals surface area contributed by atoms with E-state index in [-0.39, 0.29) is 11.6 Å². The summed E-state index contributed by atoms with van der Waals surface area (Å²) < 4.78 is 1.64. The van der Waals surface area contributed by atoms with E-state index in [1.807, 2.05) is 29.2 Å². The fourth-order valence-electron chi connectivity index (χ4n) is 3.19. The van der Waals surface area contributed by atoms with Crippen molar-refractivity contribution < 1.29 is 9.59 Å². The van der Waals surface area contributed by atoms with Gasteiger partial charge in [0, 0.05) is 30.2 Å². The summed E-state index contributed by atoms with van der Waals surface area (Å²) in [5.41, 5.74) is 8.00. The molecule has 2 N–H and O–H groups in total. The highest BCUT2D eigenvalue weighted by Crippen LogP contribution is 2.25. The molecule has 0 saturated carbocycles. The zero-order valence-corrected chi connectivity index (χ0v) is 13.6. The van der Waals surface area contributed by atoms with Crippen LogP contribution in [0.2, 0.25) is 0 Å². The van der Waals surface area contributed by atoms with E-state index in [1.54, 1.807) is 23.1 Å². The number of aromatic nitrogens is 3. The highest BCUT2D eigenvalue weighted by molar-refractivity contribution is 6.04. The summed E-state index contributed by atoms with van der Waals surface area (Å²) >= 11 is 0. The molecule has 1 aliphatic heterocycles. The van der Waals surface area contributed by atoms with Gasteiger partial charge in [-0.25, -0.2) is 4.68 Å². The molecule has 3 aromatic rings. The van der Waals surface area contributed by atoms with Gasteiger partial charge in [-0.3, -0.25) is 14.6 Å². The number of amides is 2. The van der Waals surface area contributed by atoms with Gasteiger partial charge in [-0.1, -0.05) is 0 Å². The fourth-order valence-corrected chi connectivity index (χ4v) is 3.19. The van der Waals surface area contributed by atoms with Gasteiger partial charge < -0.3 is 10.6 Å². The first kappa shape index (κ1) is 15.3. The molecule has 0 bridgehead atoms. The Morgan fingerprint density at radius 3 is 2.56 bits per heavy atom. The number of hydrogen-bond donors (Lipinski definition) is 1. The zero-order chi connectivity index (χ0) is 17.4. The van der Waals surface area contributed by atoms with Crippen LogP contribution in [0, 0.1) is 0 Å². The Hall–Kier alpha value is -3.22. The number of carbonyl (C=O) groups is 2. The highest BCUT2D eigenvalue weighted by Gasteiger charge is 2.20. The Morgan fingerprint density at radius 2 is 1.84 bits per heavy atom. The van der Waals surface area contributed by atoms with Crippen LogP contribution in [0.3, 0.4) is 0 Å². The first-order valence-corrected chi connectivity index (χ1v) is 8.18. The zero-order valence-electron chi connectivity index (χ0n) is 13.6. The maximum atomic E-state index is 12.1. The summed E-state index contributed by atoms with van der Waals surface area (Å²) in [4.78, 5) is 29.6. The standard InChI is InChI=1S/C18H17N5O2/c19-18(25)17-14-8-9-20-11-15(14)23(21-17)13-6-4-12(5-7-13)22-10-2-1-3-16(22)24/h4-9,11H,1-3,10H2,(H2,19,25). The molecule has 2 aromatic heterocycles. The SMILES string of the molecule is NC(=O)c1nn(-c2ccc(N3CCCCC3=O)cc2)c2cnccc12. The minimum Gasteiger partial charge on any atom is -0.364 e. The first-order chi connectivity index (χ1) is 12.1. The van der Waals surface area contributed by atoms with Crippen LogP contribution in [0.4, 0.5) is 5.69 Å². The van der Waals surface area contributed by atoms with Crippen LogP contribution in [-0.2, 0) is 4.79 Å². The maximum Gasteiger partial charge on any atom is 0.269 e. The second-order valence-corrected chi connectivity index (χ2v) is 6.04. The summed E-state index contributed by atoms with van der Waals surface area (Å²) in [5.74, 6) is -0.422. The van der Waals surface area contributed by atoms with E-state index in [2.05, 4.69) is 10.1 Å². The van der Waals surface area contributed by atoms with Gasteiger partial charge in [-0.2, -0.15) is 5.10 Å². The number of carbonyl (C=O) groups excluding carboxylic acids is 2. The molecule has 1 aliphatic rings. The second-order valence-electron chi connectivity index (χ2n) is 6.04. The minimum absolute atomic E-state index is 0.156. The molecule has 0 unspecified atom stereocenters. The van der Waals surface area contributed by atoms with Gasteiger partial charge in [0.2, 0.25) is 5.91 Å². The monoisotopic (exact) mass is 335 g/mol. The summed E-state index contributed by atoms with van der Waals surface area (Å²) in [6.07, 6.45) is 5.82. The van der Waals surface area contributed by atoms with Crippen molar-refractivity contribution in [1.29, 1.82) is 0 Å². The van der Waals surface area contributed by atoms with Crippen molar-refractivity contribution in [3.05, 3.63) is 48.4 Å². The third kappa shape index (κ3) is 2.63. The van der Waals surface area contributed by atoms with Crippen LogP contribution in [0.5, 0.6) is 0 Å². The van der Waals surface area contributed by atoms with Crippen LogP contribution in [0.25, 0.3) is 16.6 Å². The summed E-state index contributed by atoms with van der Waals surface area (Å²) in [7, 11) is 0. The van der Waals surface area contributed by atoms with Gasteiger partial charge in [0.05, 0.1) is 17.4 Å². The lowest BCUT2D eigenvalue weighted by atomic mass is 10.1. The molecule has 1 saturated heterocycles. The predicted octanol–water partition coefficient (Wildman–Crippen LogP) is 2.04. The molecule has 126 valence electrons. The second kappa shape index (κ2) is 6.01. The normalized spacial score (nSPS) is 14.9. The lowest BCUT2D eigenvalue weighted by molar-refractivity contribution is -0.119. The Morgan fingerprint density at radius 1 is 1.08 bits per heavy atom. The van der Waals surface area contributed by atoms with Crippen molar-refractivity contribution in [3.63, 3.8) is 0 Å². The molecule has 3 heterocycles. The predicted molar refractivity (Wildman–Crippen MR) is 93.6 cm³/mol. The van der Waals surface area contributed by atoms with E-state index in [4.69, 9.17) is 5.73 Å². The number of anilines is 1. The number of pyridine rings is 1. The van der Waals surface area contributed by atoms with Gasteiger partial charge in [0.1, 0.15) is 0 Å². The number of primary amides is 1. The van der Waals surface area contributed by atoms with Crippen LogP contribution in [0.15, 0.2) is 42.7 Å². The molecule has 2 amide bonds. The Labute approximate surface area is 144 Å². The van der Waals surface area contributed by atoms with Gasteiger partial charge in [-0.05, 0) is 43.2 Å². The van der Waals surface area contributed by atoms with Crippen LogP contribution in [0.1, 0.15) is 29.8 Å². The van der Waals surface area contributed by atoms with Crippen molar-refractivity contribution in [3.8, 4) is 5.69 Å². The molecule has 7 heteroatoms. The van der Waals surface area contributed by atoms with Crippen molar-refractivity contribution in [2.75, 3.05) is 11.4 Å². The summed E-state index contributed by atoms with van der Waals surface area (Å²) in [6.45, 7) is 0.749. The summed E-state index contributed by atoms with van der Waals surface area (Å²) in [5, 5.41) is 5.00. The number of piperidine rings is 1. The smallest absolute Gasteiger partial charge is 0.269 e. The van der Waals surface area contributed by atoms with Crippen LogP contribution in [-0.4, -0.2) is 33.1 Å². The topological polar surface area (TPSA) is 94.1 Å². The molecule has 0 aliphatic carbocycles. The number of nitrogens with zero attached hydrogens (tertiary/aromatic N) is 4. The van der Waals surface area contributed by atoms with Crippen molar-refractivity contribution in [2.24, 2.45) is 5.73 Å².